The van der Waals surface area contributed by atoms with Crippen LogP contribution in [0.25, 0.3) is 5.65 Å². The van der Waals surface area contributed by atoms with Crippen molar-refractivity contribution < 1.29 is 9.18 Å². The van der Waals surface area contributed by atoms with Crippen molar-refractivity contribution in [2.45, 2.75) is 6.42 Å². The van der Waals surface area contributed by atoms with Crippen molar-refractivity contribution in [3.05, 3.63) is 59.1 Å². The van der Waals surface area contributed by atoms with Crippen LogP contribution in [0.2, 0.25) is 0 Å². The van der Waals surface area contributed by atoms with E-state index >= 15 is 0 Å². The number of hydrogen-bond acceptors (Lipinski definition) is 8. The number of nitrogens with one attached hydrogen (secondary N) is 1. The highest BCUT2D eigenvalue weighted by Gasteiger charge is 2.23. The van der Waals surface area contributed by atoms with Crippen molar-refractivity contribution in [1.29, 1.82) is 0 Å². The fourth-order valence-corrected chi connectivity index (χ4v) is 4.11. The molecule has 4 aromatic rings. The predicted octanol–water partition coefficient (Wildman–Crippen LogP) is 2.06. The summed E-state index contributed by atoms with van der Waals surface area (Å²) in [7, 11) is 0. The van der Waals surface area contributed by atoms with Crippen LogP contribution in [0.5, 0.6) is 0 Å². The van der Waals surface area contributed by atoms with Crippen LogP contribution < -0.4 is 10.2 Å². The van der Waals surface area contributed by atoms with Crippen molar-refractivity contribution in [3.63, 3.8) is 0 Å². The minimum absolute atomic E-state index is 0.202. The Morgan fingerprint density at radius 2 is 1.84 bits per heavy atom. The number of amides is 2. The van der Waals surface area contributed by atoms with Gasteiger partial charge in [0.25, 0.3) is 0 Å². The standard InChI is InChI=1S/C19H18FN9OS/c20-14-3-1-13(2-4-14)11-17-24-25-18(31-17)22-19(30)28-9-7-27(8-10-28)16-6-5-15-23-21-12-29(15)26-16/h1-6,12H,7-11H2,(H,22,25,30). The van der Waals surface area contributed by atoms with Gasteiger partial charge in [0.05, 0.1) is 0 Å². The smallest absolute Gasteiger partial charge is 0.323 e. The van der Waals surface area contributed by atoms with Crippen LogP contribution in [0.15, 0.2) is 42.7 Å². The molecular formula is C19H18FN9OS. The van der Waals surface area contributed by atoms with Gasteiger partial charge in [0, 0.05) is 32.6 Å². The Morgan fingerprint density at radius 3 is 2.65 bits per heavy atom. The Morgan fingerprint density at radius 1 is 1.03 bits per heavy atom. The first-order valence-electron chi connectivity index (χ1n) is 9.69. The number of piperazine rings is 1. The second-order valence-corrected chi connectivity index (χ2v) is 8.10. The van der Waals surface area contributed by atoms with Gasteiger partial charge < -0.3 is 9.80 Å². The third kappa shape index (κ3) is 4.28. The van der Waals surface area contributed by atoms with E-state index in [0.29, 0.717) is 43.4 Å². The first-order valence-corrected chi connectivity index (χ1v) is 10.5. The number of hydrogen-bond donors (Lipinski definition) is 1. The molecule has 1 N–H and O–H groups in total. The number of aromatic nitrogens is 6. The monoisotopic (exact) mass is 439 g/mol. The summed E-state index contributed by atoms with van der Waals surface area (Å²) < 4.78 is 14.7. The van der Waals surface area contributed by atoms with E-state index in [0.717, 1.165) is 16.4 Å². The second-order valence-electron chi connectivity index (χ2n) is 7.03. The molecule has 1 aliphatic rings. The van der Waals surface area contributed by atoms with E-state index in [-0.39, 0.29) is 11.8 Å². The molecule has 158 valence electrons. The summed E-state index contributed by atoms with van der Waals surface area (Å²) in [5.41, 5.74) is 1.63. The SMILES string of the molecule is O=C(Nc1nnc(Cc2ccc(F)cc2)s1)N1CCN(c2ccc3nncn3n2)CC1. The number of rotatable bonds is 4. The van der Waals surface area contributed by atoms with Gasteiger partial charge in [-0.25, -0.2) is 9.18 Å². The fraction of sp³-hybridized carbons (Fsp3) is 0.263. The summed E-state index contributed by atoms with van der Waals surface area (Å²) in [6.45, 7) is 2.46. The summed E-state index contributed by atoms with van der Waals surface area (Å²) in [6.07, 6.45) is 2.10. The number of fused-ring (bicyclic) bond motifs is 1. The molecule has 2 amide bonds. The number of carbonyl (C=O) groups is 1. The lowest BCUT2D eigenvalue weighted by Crippen LogP contribution is -2.50. The Bertz CT molecular complexity index is 1200. The molecule has 0 aliphatic carbocycles. The molecule has 1 aromatic carbocycles. The normalized spacial score (nSPS) is 14.2. The van der Waals surface area contributed by atoms with Gasteiger partial charge >= 0.3 is 6.03 Å². The van der Waals surface area contributed by atoms with E-state index in [1.54, 1.807) is 27.9 Å². The topological polar surface area (TPSA) is 104 Å². The average molecular weight is 439 g/mol. The van der Waals surface area contributed by atoms with Crippen LogP contribution in [-0.4, -0.2) is 67.1 Å². The molecule has 1 aliphatic heterocycles. The number of anilines is 2. The fourth-order valence-electron chi connectivity index (χ4n) is 3.35. The molecule has 0 spiro atoms. The lowest BCUT2D eigenvalue weighted by Gasteiger charge is -2.34. The highest BCUT2D eigenvalue weighted by molar-refractivity contribution is 7.15. The molecule has 12 heteroatoms. The van der Waals surface area contributed by atoms with E-state index in [4.69, 9.17) is 0 Å². The highest BCUT2D eigenvalue weighted by atomic mass is 32.1. The van der Waals surface area contributed by atoms with Crippen LogP contribution >= 0.6 is 11.3 Å². The van der Waals surface area contributed by atoms with E-state index in [2.05, 4.69) is 35.7 Å². The number of halogens is 1. The molecule has 4 heterocycles. The Kier molecular flexibility index (Phi) is 5.12. The van der Waals surface area contributed by atoms with Gasteiger partial charge in [-0.05, 0) is 29.8 Å². The molecule has 31 heavy (non-hydrogen) atoms. The van der Waals surface area contributed by atoms with Crippen molar-refractivity contribution in [2.75, 3.05) is 36.4 Å². The summed E-state index contributed by atoms with van der Waals surface area (Å²) in [4.78, 5) is 16.5. The minimum Gasteiger partial charge on any atom is -0.352 e. The Labute approximate surface area is 180 Å². The minimum atomic E-state index is -0.274. The summed E-state index contributed by atoms with van der Waals surface area (Å²) in [6, 6.07) is 9.83. The van der Waals surface area contributed by atoms with Gasteiger partial charge in [-0.1, -0.05) is 23.5 Å². The molecule has 0 unspecified atom stereocenters. The molecule has 1 saturated heterocycles. The first-order chi connectivity index (χ1) is 15.1. The highest BCUT2D eigenvalue weighted by Crippen LogP contribution is 2.20. The van der Waals surface area contributed by atoms with Gasteiger partial charge in [-0.15, -0.1) is 25.5 Å². The number of benzene rings is 1. The molecule has 5 rings (SSSR count). The zero-order chi connectivity index (χ0) is 21.2. The van der Waals surface area contributed by atoms with E-state index in [1.807, 2.05) is 12.1 Å². The number of urea groups is 1. The van der Waals surface area contributed by atoms with Crippen molar-refractivity contribution >= 4 is 34.0 Å². The Balaban J connectivity index is 1.15. The van der Waals surface area contributed by atoms with E-state index in [1.165, 1.54) is 23.5 Å². The zero-order valence-corrected chi connectivity index (χ0v) is 17.2. The van der Waals surface area contributed by atoms with Crippen molar-refractivity contribution in [1.82, 2.24) is 34.9 Å². The van der Waals surface area contributed by atoms with Crippen molar-refractivity contribution in [3.8, 4) is 0 Å². The molecule has 0 bridgehead atoms. The second kappa shape index (κ2) is 8.22. The average Bonchev–Trinajstić information content (AvgIpc) is 3.44. The van der Waals surface area contributed by atoms with Gasteiger partial charge in [0.2, 0.25) is 5.13 Å². The number of carbonyl (C=O) groups excluding carboxylic acids is 1. The van der Waals surface area contributed by atoms with Crippen LogP contribution in [0.1, 0.15) is 10.6 Å². The maximum absolute atomic E-state index is 13.0. The molecule has 0 radical (unpaired) electrons. The quantitative estimate of drug-likeness (QED) is 0.519. The van der Waals surface area contributed by atoms with Crippen molar-refractivity contribution in [2.24, 2.45) is 0 Å². The predicted molar refractivity (Wildman–Crippen MR) is 113 cm³/mol. The van der Waals surface area contributed by atoms with Gasteiger partial charge in [0.1, 0.15) is 23.0 Å². The third-order valence-corrected chi connectivity index (χ3v) is 5.83. The van der Waals surface area contributed by atoms with Crippen LogP contribution in [0.4, 0.5) is 20.1 Å². The van der Waals surface area contributed by atoms with Crippen LogP contribution in [0.3, 0.4) is 0 Å². The zero-order valence-electron chi connectivity index (χ0n) is 16.3. The lowest BCUT2D eigenvalue weighted by molar-refractivity contribution is 0.208. The first kappa shape index (κ1) is 19.3. The largest absolute Gasteiger partial charge is 0.352 e. The maximum Gasteiger partial charge on any atom is 0.323 e. The summed E-state index contributed by atoms with van der Waals surface area (Å²) in [5.74, 6) is 0.547. The van der Waals surface area contributed by atoms with E-state index < -0.39 is 0 Å². The van der Waals surface area contributed by atoms with Crippen LogP contribution in [-0.2, 0) is 6.42 Å². The molecular weight excluding hydrogens is 421 g/mol. The van der Waals surface area contributed by atoms with Crippen LogP contribution in [0, 0.1) is 5.82 Å². The molecule has 0 atom stereocenters. The van der Waals surface area contributed by atoms with E-state index in [9.17, 15) is 9.18 Å². The third-order valence-electron chi connectivity index (χ3n) is 4.99. The molecule has 0 saturated carbocycles. The maximum atomic E-state index is 13.0. The summed E-state index contributed by atoms with van der Waals surface area (Å²) in [5, 5.41) is 24.5. The van der Waals surface area contributed by atoms with Gasteiger partial charge in [-0.2, -0.15) is 4.52 Å². The van der Waals surface area contributed by atoms with Gasteiger partial charge in [-0.3, -0.25) is 5.32 Å². The molecule has 10 nitrogen and oxygen atoms in total. The van der Waals surface area contributed by atoms with Gasteiger partial charge in [0.15, 0.2) is 5.65 Å². The molecule has 1 fully saturated rings. The Hall–Kier alpha value is -3.67. The summed E-state index contributed by atoms with van der Waals surface area (Å²) >= 11 is 1.31. The lowest BCUT2D eigenvalue weighted by atomic mass is 10.2. The molecule has 3 aromatic heterocycles. The number of nitrogens with zero attached hydrogens (tertiary/aromatic N) is 8.